The van der Waals surface area contributed by atoms with Gasteiger partial charge in [0.1, 0.15) is 5.69 Å². The van der Waals surface area contributed by atoms with Gasteiger partial charge >= 0.3 is 0 Å². The highest BCUT2D eigenvalue weighted by Gasteiger charge is 2.12. The first-order valence-electron chi connectivity index (χ1n) is 12.6. The van der Waals surface area contributed by atoms with Gasteiger partial charge in [0.2, 0.25) is 5.91 Å². The number of benzene rings is 2. The lowest BCUT2D eigenvalue weighted by Gasteiger charge is -2.26. The Morgan fingerprint density at radius 2 is 1.76 bits per heavy atom. The van der Waals surface area contributed by atoms with Gasteiger partial charge in [-0.25, -0.2) is 0 Å². The number of hydrogen-bond acceptors (Lipinski definition) is 5. The van der Waals surface area contributed by atoms with Crippen molar-refractivity contribution in [1.82, 2.24) is 25.0 Å². The third-order valence-electron chi connectivity index (χ3n) is 6.29. The maximum Gasteiger partial charge on any atom is 0.244 e. The topological polar surface area (TPSA) is 72.3 Å². The number of morpholine rings is 1. The van der Waals surface area contributed by atoms with Crippen molar-refractivity contribution < 1.29 is 9.53 Å². The summed E-state index contributed by atoms with van der Waals surface area (Å²) in [6.07, 6.45) is 8.89. The molecule has 7 heteroatoms. The Kier molecular flexibility index (Phi) is 8.15. The van der Waals surface area contributed by atoms with E-state index in [1.54, 1.807) is 18.5 Å². The van der Waals surface area contributed by atoms with Gasteiger partial charge in [-0.3, -0.25) is 19.4 Å². The van der Waals surface area contributed by atoms with Gasteiger partial charge in [-0.15, -0.1) is 0 Å². The van der Waals surface area contributed by atoms with Gasteiger partial charge in [0.25, 0.3) is 0 Å². The van der Waals surface area contributed by atoms with Crippen LogP contribution in [0.4, 0.5) is 0 Å². The molecule has 1 aliphatic rings. The monoisotopic (exact) mass is 493 g/mol. The molecule has 4 aromatic rings. The van der Waals surface area contributed by atoms with Gasteiger partial charge in [-0.05, 0) is 34.9 Å². The molecule has 0 bridgehead atoms. The van der Waals surface area contributed by atoms with Gasteiger partial charge in [-0.1, -0.05) is 54.6 Å². The summed E-state index contributed by atoms with van der Waals surface area (Å²) in [5.74, 6) is -0.147. The summed E-state index contributed by atoms with van der Waals surface area (Å²) in [6.45, 7) is 5.50. The molecule has 37 heavy (non-hydrogen) atoms. The average Bonchev–Trinajstić information content (AvgIpc) is 3.35. The van der Waals surface area contributed by atoms with Crippen LogP contribution >= 0.6 is 0 Å². The van der Waals surface area contributed by atoms with E-state index in [-0.39, 0.29) is 5.91 Å². The Morgan fingerprint density at radius 1 is 0.946 bits per heavy atom. The van der Waals surface area contributed by atoms with Crippen molar-refractivity contribution in [3.63, 3.8) is 0 Å². The highest BCUT2D eigenvalue weighted by Crippen LogP contribution is 2.23. The number of rotatable bonds is 9. The first-order chi connectivity index (χ1) is 18.2. The number of carbonyl (C=O) groups is 1. The Balaban J connectivity index is 1.24. The number of ether oxygens (including phenoxy) is 1. The molecule has 1 N–H and O–H groups in total. The highest BCUT2D eigenvalue weighted by atomic mass is 16.5. The van der Waals surface area contributed by atoms with Crippen molar-refractivity contribution >= 4 is 12.0 Å². The van der Waals surface area contributed by atoms with Crippen LogP contribution in [0.25, 0.3) is 17.3 Å². The number of nitrogens with zero attached hydrogens (tertiary/aromatic N) is 4. The van der Waals surface area contributed by atoms with Gasteiger partial charge < -0.3 is 10.1 Å². The Morgan fingerprint density at radius 3 is 2.57 bits per heavy atom. The molecule has 0 aliphatic carbocycles. The largest absolute Gasteiger partial charge is 0.379 e. The number of carbonyl (C=O) groups excluding carboxylic acids is 1. The normalized spacial score (nSPS) is 14.2. The van der Waals surface area contributed by atoms with Crippen LogP contribution in [0.1, 0.15) is 22.3 Å². The molecule has 7 nitrogen and oxygen atoms in total. The van der Waals surface area contributed by atoms with E-state index in [0.717, 1.165) is 60.8 Å². The zero-order chi connectivity index (χ0) is 25.3. The van der Waals surface area contributed by atoms with Crippen molar-refractivity contribution in [2.24, 2.45) is 0 Å². The van der Waals surface area contributed by atoms with Crippen LogP contribution in [0.5, 0.6) is 0 Å². The molecule has 1 saturated heterocycles. The van der Waals surface area contributed by atoms with Crippen molar-refractivity contribution in [2.45, 2.75) is 19.6 Å². The van der Waals surface area contributed by atoms with Crippen LogP contribution in [0.15, 0.2) is 91.4 Å². The number of aromatic nitrogens is 3. The molecule has 0 unspecified atom stereocenters. The van der Waals surface area contributed by atoms with Crippen LogP contribution in [0.3, 0.4) is 0 Å². The van der Waals surface area contributed by atoms with Gasteiger partial charge in [0, 0.05) is 62.0 Å². The van der Waals surface area contributed by atoms with Gasteiger partial charge in [-0.2, -0.15) is 5.10 Å². The van der Waals surface area contributed by atoms with Crippen LogP contribution in [-0.4, -0.2) is 51.9 Å². The molecule has 1 aliphatic heterocycles. The van der Waals surface area contributed by atoms with Crippen molar-refractivity contribution in [2.75, 3.05) is 26.3 Å². The molecule has 1 fully saturated rings. The molecule has 188 valence electrons. The van der Waals surface area contributed by atoms with E-state index < -0.39 is 0 Å². The fourth-order valence-corrected chi connectivity index (χ4v) is 4.41. The second kappa shape index (κ2) is 12.3. The second-order valence-electron chi connectivity index (χ2n) is 9.12. The zero-order valence-electron chi connectivity index (χ0n) is 20.8. The van der Waals surface area contributed by atoms with E-state index >= 15 is 0 Å². The molecular weight excluding hydrogens is 462 g/mol. The Bertz CT molecular complexity index is 1330. The number of amides is 1. The predicted molar refractivity (Wildman–Crippen MR) is 144 cm³/mol. The minimum atomic E-state index is -0.147. The molecule has 0 spiro atoms. The van der Waals surface area contributed by atoms with E-state index in [1.165, 1.54) is 5.56 Å². The summed E-state index contributed by atoms with van der Waals surface area (Å²) in [6, 6.07) is 22.4. The van der Waals surface area contributed by atoms with Crippen LogP contribution in [0, 0.1) is 0 Å². The van der Waals surface area contributed by atoms with Gasteiger partial charge in [0.15, 0.2) is 0 Å². The summed E-state index contributed by atoms with van der Waals surface area (Å²) in [5, 5.41) is 7.79. The lowest BCUT2D eigenvalue weighted by Crippen LogP contribution is -2.35. The third-order valence-corrected chi connectivity index (χ3v) is 6.29. The van der Waals surface area contributed by atoms with E-state index in [1.807, 2.05) is 53.4 Å². The molecule has 5 rings (SSSR count). The Hall–Kier alpha value is -4.07. The smallest absolute Gasteiger partial charge is 0.244 e. The number of nitrogens with one attached hydrogen (secondary N) is 1. The third kappa shape index (κ3) is 7.00. The molecule has 3 heterocycles. The van der Waals surface area contributed by atoms with Crippen LogP contribution in [0.2, 0.25) is 0 Å². The van der Waals surface area contributed by atoms with Crippen LogP contribution < -0.4 is 5.32 Å². The minimum absolute atomic E-state index is 0.147. The second-order valence-corrected chi connectivity index (χ2v) is 9.12. The van der Waals surface area contributed by atoms with E-state index in [4.69, 9.17) is 9.84 Å². The Labute approximate surface area is 217 Å². The van der Waals surface area contributed by atoms with E-state index in [9.17, 15) is 4.79 Å². The molecule has 1 amide bonds. The standard InChI is InChI=1S/C30H31N5O2/c36-29(32-19-25-8-4-9-26(18-25)21-34-14-16-37-17-15-34)12-11-28-23-35(22-24-6-2-1-3-7-24)33-30(28)27-10-5-13-31-20-27/h1-13,18,20,23H,14-17,19,21-22H2,(H,32,36). The highest BCUT2D eigenvalue weighted by molar-refractivity contribution is 5.92. The molecule has 0 saturated carbocycles. The van der Waals surface area contributed by atoms with Crippen molar-refractivity contribution in [1.29, 1.82) is 0 Å². The molecule has 0 atom stereocenters. The first kappa shape index (κ1) is 24.6. The quantitative estimate of drug-likeness (QED) is 0.355. The summed E-state index contributed by atoms with van der Waals surface area (Å²) in [7, 11) is 0. The number of hydrogen-bond donors (Lipinski definition) is 1. The van der Waals surface area contributed by atoms with E-state index in [2.05, 4.69) is 45.5 Å². The fourth-order valence-electron chi connectivity index (χ4n) is 4.41. The first-order valence-corrected chi connectivity index (χ1v) is 12.6. The number of pyridine rings is 1. The van der Waals surface area contributed by atoms with Crippen LogP contribution in [-0.2, 0) is 29.2 Å². The summed E-state index contributed by atoms with van der Waals surface area (Å²) in [5.41, 5.74) is 6.06. The fraction of sp³-hybridized carbons (Fsp3) is 0.233. The van der Waals surface area contributed by atoms with Crippen molar-refractivity contribution in [3.8, 4) is 11.3 Å². The summed E-state index contributed by atoms with van der Waals surface area (Å²) in [4.78, 5) is 19.3. The SMILES string of the molecule is O=C(C=Cc1cn(Cc2ccccc2)nc1-c1cccnc1)NCc1cccc(CN2CCOCC2)c1. The molecular formula is C30H31N5O2. The average molecular weight is 494 g/mol. The maximum absolute atomic E-state index is 12.7. The van der Waals surface area contributed by atoms with Gasteiger partial charge in [0.05, 0.1) is 19.8 Å². The molecule has 2 aromatic heterocycles. The summed E-state index contributed by atoms with van der Waals surface area (Å²) < 4.78 is 7.34. The zero-order valence-corrected chi connectivity index (χ0v) is 20.8. The predicted octanol–water partition coefficient (Wildman–Crippen LogP) is 4.16. The lowest BCUT2D eigenvalue weighted by atomic mass is 10.1. The molecule has 2 aromatic carbocycles. The summed E-state index contributed by atoms with van der Waals surface area (Å²) >= 11 is 0. The maximum atomic E-state index is 12.7. The minimum Gasteiger partial charge on any atom is -0.379 e. The van der Waals surface area contributed by atoms with E-state index in [0.29, 0.717) is 13.1 Å². The van der Waals surface area contributed by atoms with Crippen molar-refractivity contribution in [3.05, 3.63) is 114 Å². The molecule has 0 radical (unpaired) electrons. The lowest BCUT2D eigenvalue weighted by molar-refractivity contribution is -0.116.